The van der Waals surface area contributed by atoms with E-state index in [1.165, 1.54) is 6.42 Å². The third-order valence-electron chi connectivity index (χ3n) is 0.201. The van der Waals surface area contributed by atoms with E-state index in [4.69, 9.17) is 5.73 Å². The zero-order valence-corrected chi connectivity index (χ0v) is 5.48. The molecule has 3 nitrogen and oxygen atoms in total. The van der Waals surface area contributed by atoms with Crippen LogP contribution in [0.15, 0.2) is 0 Å². The maximum absolute atomic E-state index is 9.47. The van der Waals surface area contributed by atoms with E-state index in [-0.39, 0.29) is 6.54 Å². The molecule has 0 bridgehead atoms. The number of amides is 1. The monoisotopic (exact) mass is 118 g/mol. The summed E-state index contributed by atoms with van der Waals surface area (Å²) in [7, 11) is 0. The fraction of sp³-hybridized carbons (Fsp3) is 0.800. The molecule has 1 amide bonds. The Morgan fingerprint density at radius 3 is 1.62 bits per heavy atom. The molecule has 0 unspecified atom stereocenters. The zero-order chi connectivity index (χ0) is 6.99. The molecular weight excluding hydrogens is 104 g/mol. The van der Waals surface area contributed by atoms with Gasteiger partial charge in [0.05, 0.1) is 6.54 Å². The lowest BCUT2D eigenvalue weighted by molar-refractivity contribution is -0.116. The van der Waals surface area contributed by atoms with Crippen molar-refractivity contribution in [3.05, 3.63) is 0 Å². The van der Waals surface area contributed by atoms with Gasteiger partial charge < -0.3 is 11.5 Å². The first kappa shape index (κ1) is 10.4. The van der Waals surface area contributed by atoms with Crippen LogP contribution in [0.4, 0.5) is 0 Å². The minimum absolute atomic E-state index is 0.0556. The Bertz CT molecular complexity index is 54.4. The van der Waals surface area contributed by atoms with E-state index in [1.807, 2.05) is 0 Å². The number of rotatable bonds is 1. The second kappa shape index (κ2) is 9.66. The van der Waals surface area contributed by atoms with Gasteiger partial charge in [-0.15, -0.1) is 0 Å². The first-order valence-electron chi connectivity index (χ1n) is 2.67. The molecular formula is C5H14N2O. The second-order valence-electron chi connectivity index (χ2n) is 1.38. The van der Waals surface area contributed by atoms with Gasteiger partial charge >= 0.3 is 0 Å². The molecule has 0 aromatic carbocycles. The topological polar surface area (TPSA) is 69.1 Å². The predicted molar refractivity (Wildman–Crippen MR) is 34.2 cm³/mol. The molecule has 0 aliphatic rings. The Balaban J connectivity index is 0. The quantitative estimate of drug-likeness (QED) is 0.502. The lowest BCUT2D eigenvalue weighted by atomic mass is 10.6. The van der Waals surface area contributed by atoms with E-state index < -0.39 is 5.91 Å². The molecule has 50 valence electrons. The third kappa shape index (κ3) is 52.1. The molecule has 8 heavy (non-hydrogen) atoms. The van der Waals surface area contributed by atoms with Crippen LogP contribution in [-0.4, -0.2) is 12.5 Å². The van der Waals surface area contributed by atoms with E-state index in [2.05, 4.69) is 19.6 Å². The van der Waals surface area contributed by atoms with Crippen LogP contribution in [-0.2, 0) is 4.79 Å². The van der Waals surface area contributed by atoms with Gasteiger partial charge in [0.15, 0.2) is 0 Å². The highest BCUT2D eigenvalue weighted by Crippen LogP contribution is 1.56. The number of carbonyl (C=O) groups is 1. The molecule has 0 atom stereocenters. The molecule has 4 N–H and O–H groups in total. The summed E-state index contributed by atoms with van der Waals surface area (Å²) in [5, 5.41) is 0. The minimum atomic E-state index is -0.468. The second-order valence-corrected chi connectivity index (χ2v) is 1.38. The van der Waals surface area contributed by atoms with Crippen molar-refractivity contribution in [2.45, 2.75) is 20.3 Å². The van der Waals surface area contributed by atoms with Gasteiger partial charge in [-0.3, -0.25) is 4.79 Å². The van der Waals surface area contributed by atoms with Crippen LogP contribution in [0.2, 0.25) is 0 Å². The molecule has 0 aliphatic heterocycles. The third-order valence-corrected chi connectivity index (χ3v) is 0.201. The maximum Gasteiger partial charge on any atom is 0.231 e. The van der Waals surface area contributed by atoms with Gasteiger partial charge in [0.2, 0.25) is 5.91 Å². The van der Waals surface area contributed by atoms with Gasteiger partial charge in [0, 0.05) is 0 Å². The van der Waals surface area contributed by atoms with Gasteiger partial charge in [-0.1, -0.05) is 20.3 Å². The van der Waals surface area contributed by atoms with Gasteiger partial charge in [0.1, 0.15) is 0 Å². The van der Waals surface area contributed by atoms with Gasteiger partial charge in [-0.05, 0) is 0 Å². The number of hydrogen-bond acceptors (Lipinski definition) is 2. The van der Waals surface area contributed by atoms with Crippen LogP contribution in [0, 0.1) is 0 Å². The number of hydrogen-bond donors (Lipinski definition) is 2. The van der Waals surface area contributed by atoms with Crippen LogP contribution in [0.3, 0.4) is 0 Å². The number of primary amides is 1. The van der Waals surface area contributed by atoms with Crippen LogP contribution in [0.5, 0.6) is 0 Å². The smallest absolute Gasteiger partial charge is 0.231 e. The average Bonchev–Trinajstić information content (AvgIpc) is 1.69. The van der Waals surface area contributed by atoms with Crippen LogP contribution in [0.1, 0.15) is 20.3 Å². The zero-order valence-electron chi connectivity index (χ0n) is 5.48. The fourth-order valence-corrected chi connectivity index (χ4v) is 0. The van der Waals surface area contributed by atoms with E-state index >= 15 is 0 Å². The Kier molecular flexibility index (Phi) is 12.6. The van der Waals surface area contributed by atoms with Crippen molar-refractivity contribution < 1.29 is 4.79 Å². The van der Waals surface area contributed by atoms with Crippen molar-refractivity contribution in [3.63, 3.8) is 0 Å². The SMILES string of the molecule is CCC.NCC(N)=O. The minimum Gasteiger partial charge on any atom is -0.369 e. The summed E-state index contributed by atoms with van der Waals surface area (Å²) in [5.74, 6) is -0.468. The van der Waals surface area contributed by atoms with E-state index in [9.17, 15) is 4.79 Å². The van der Waals surface area contributed by atoms with Crippen molar-refractivity contribution in [1.82, 2.24) is 0 Å². The Labute approximate surface area is 50.0 Å². The first-order valence-corrected chi connectivity index (χ1v) is 2.67. The van der Waals surface area contributed by atoms with E-state index in [1.54, 1.807) is 0 Å². The van der Waals surface area contributed by atoms with Crippen molar-refractivity contribution in [2.24, 2.45) is 11.5 Å². The molecule has 3 heteroatoms. The van der Waals surface area contributed by atoms with E-state index in [0.717, 1.165) is 0 Å². The molecule has 0 fully saturated rings. The Morgan fingerprint density at radius 2 is 1.62 bits per heavy atom. The standard InChI is InChI=1S/C3H8.C2H6N2O/c1-3-2;3-1-2(4)5/h3H2,1-2H3;1,3H2,(H2,4,5). The summed E-state index contributed by atoms with van der Waals surface area (Å²) in [6, 6.07) is 0. The highest BCUT2D eigenvalue weighted by atomic mass is 16.1. The van der Waals surface area contributed by atoms with Crippen LogP contribution < -0.4 is 11.5 Å². The summed E-state index contributed by atoms with van der Waals surface area (Å²) in [5.41, 5.74) is 9.22. The first-order chi connectivity index (χ1) is 3.68. The average molecular weight is 118 g/mol. The highest BCUT2D eigenvalue weighted by Gasteiger charge is 1.77. The fourth-order valence-electron chi connectivity index (χ4n) is 0. The lowest BCUT2D eigenvalue weighted by Gasteiger charge is -1.74. The van der Waals surface area contributed by atoms with E-state index in [0.29, 0.717) is 0 Å². The largest absolute Gasteiger partial charge is 0.369 e. The molecule has 0 saturated carbocycles. The molecule has 0 aromatic rings. The lowest BCUT2D eigenvalue weighted by Crippen LogP contribution is -2.21. The summed E-state index contributed by atoms with van der Waals surface area (Å²) in [6.45, 7) is 4.19. The Morgan fingerprint density at radius 1 is 1.50 bits per heavy atom. The van der Waals surface area contributed by atoms with Gasteiger partial charge in [0.25, 0.3) is 0 Å². The molecule has 0 aromatic heterocycles. The molecule has 0 saturated heterocycles. The van der Waals surface area contributed by atoms with Crippen molar-refractivity contribution in [3.8, 4) is 0 Å². The molecule has 0 aliphatic carbocycles. The summed E-state index contributed by atoms with van der Waals surface area (Å²) >= 11 is 0. The summed E-state index contributed by atoms with van der Waals surface area (Å²) in [4.78, 5) is 9.47. The normalized spacial score (nSPS) is 6.88. The molecule has 0 heterocycles. The van der Waals surface area contributed by atoms with Crippen LogP contribution >= 0.6 is 0 Å². The number of nitrogens with two attached hydrogens (primary N) is 2. The molecule has 0 radical (unpaired) electrons. The molecule has 0 rings (SSSR count). The number of carbonyl (C=O) groups excluding carboxylic acids is 1. The predicted octanol–water partition coefficient (Wildman–Crippen LogP) is -0.153. The highest BCUT2D eigenvalue weighted by molar-refractivity contribution is 5.75. The van der Waals surface area contributed by atoms with Crippen molar-refractivity contribution in [1.29, 1.82) is 0 Å². The van der Waals surface area contributed by atoms with Crippen molar-refractivity contribution in [2.75, 3.05) is 6.54 Å². The summed E-state index contributed by atoms with van der Waals surface area (Å²) < 4.78 is 0. The Hall–Kier alpha value is -0.570. The van der Waals surface area contributed by atoms with Gasteiger partial charge in [-0.2, -0.15) is 0 Å². The molecule has 0 spiro atoms. The van der Waals surface area contributed by atoms with Crippen molar-refractivity contribution >= 4 is 5.91 Å². The van der Waals surface area contributed by atoms with Crippen LogP contribution in [0.25, 0.3) is 0 Å². The van der Waals surface area contributed by atoms with Gasteiger partial charge in [-0.25, -0.2) is 0 Å². The summed E-state index contributed by atoms with van der Waals surface area (Å²) in [6.07, 6.45) is 1.25. The maximum atomic E-state index is 9.47.